The fourth-order valence-electron chi connectivity index (χ4n) is 4.45. The summed E-state index contributed by atoms with van der Waals surface area (Å²) in [6, 6.07) is 8.76. The van der Waals surface area contributed by atoms with Crippen LogP contribution in [0.3, 0.4) is 0 Å². The predicted octanol–water partition coefficient (Wildman–Crippen LogP) is 3.22. The van der Waals surface area contributed by atoms with Crippen molar-refractivity contribution in [1.29, 1.82) is 0 Å². The predicted molar refractivity (Wildman–Crippen MR) is 123 cm³/mol. The fraction of sp³-hybridized carbons (Fsp3) is 0.423. The lowest BCUT2D eigenvalue weighted by Gasteiger charge is -2.21. The van der Waals surface area contributed by atoms with Crippen LogP contribution in [0, 0.1) is 13.8 Å². The Kier molecular flexibility index (Phi) is 7.12. The number of rotatable bonds is 4. The molecule has 170 valence electrons. The lowest BCUT2D eigenvalue weighted by molar-refractivity contribution is -0.635. The average Bonchev–Trinajstić information content (AvgIpc) is 3.48. The van der Waals surface area contributed by atoms with Crippen LogP contribution in [0.2, 0.25) is 0 Å². The molecule has 0 aliphatic carbocycles. The van der Waals surface area contributed by atoms with Gasteiger partial charge in [-0.1, -0.05) is 12.1 Å². The van der Waals surface area contributed by atoms with Crippen molar-refractivity contribution in [3.05, 3.63) is 63.5 Å². The maximum atomic E-state index is 12.9. The van der Waals surface area contributed by atoms with Gasteiger partial charge in [0.1, 0.15) is 17.6 Å². The molecule has 3 heterocycles. The second-order valence-corrected chi connectivity index (χ2v) is 8.83. The molecule has 3 aromatic rings. The van der Waals surface area contributed by atoms with E-state index in [4.69, 9.17) is 9.15 Å². The van der Waals surface area contributed by atoms with Crippen molar-refractivity contribution in [3.63, 3.8) is 0 Å². The first-order valence-corrected chi connectivity index (χ1v) is 11.6. The second kappa shape index (κ2) is 10.2. The molecular formula is C26H32N2O4. The van der Waals surface area contributed by atoms with Crippen molar-refractivity contribution in [3.8, 4) is 17.2 Å². The van der Waals surface area contributed by atoms with E-state index in [1.54, 1.807) is 0 Å². The molecule has 2 N–H and O–H groups in total. The summed E-state index contributed by atoms with van der Waals surface area (Å²) < 4.78 is 11.5. The Bertz CT molecular complexity index is 1100. The SMILES string of the molecule is C1CC[NH2+]C1.Cc1cc(C)cc(Oc2coc3c(CN4CCCC4)c([O-])ccc3c2=O)c1. The molecule has 0 atom stereocenters. The third-order valence-electron chi connectivity index (χ3n) is 6.04. The van der Waals surface area contributed by atoms with Gasteiger partial charge in [-0.25, -0.2) is 0 Å². The van der Waals surface area contributed by atoms with Crippen molar-refractivity contribution in [1.82, 2.24) is 4.90 Å². The van der Waals surface area contributed by atoms with Gasteiger partial charge in [0.15, 0.2) is 0 Å². The van der Waals surface area contributed by atoms with Crippen molar-refractivity contribution >= 4 is 11.0 Å². The quantitative estimate of drug-likeness (QED) is 0.679. The number of nitrogens with two attached hydrogens (primary N) is 1. The van der Waals surface area contributed by atoms with E-state index in [1.807, 2.05) is 32.0 Å². The zero-order chi connectivity index (χ0) is 22.5. The van der Waals surface area contributed by atoms with Crippen molar-refractivity contribution in [2.45, 2.75) is 46.1 Å². The van der Waals surface area contributed by atoms with Crippen LogP contribution >= 0.6 is 0 Å². The Labute approximate surface area is 188 Å². The first-order chi connectivity index (χ1) is 15.5. The number of aryl methyl sites for hydroxylation is 2. The molecule has 6 nitrogen and oxygen atoms in total. The van der Waals surface area contributed by atoms with Crippen molar-refractivity contribution in [2.75, 3.05) is 26.2 Å². The molecule has 5 rings (SSSR count). The molecule has 0 bridgehead atoms. The Balaban J connectivity index is 0.000000433. The number of quaternary nitrogens is 1. The summed E-state index contributed by atoms with van der Waals surface area (Å²) in [6.07, 6.45) is 6.48. The molecule has 0 spiro atoms. The lowest BCUT2D eigenvalue weighted by Crippen LogP contribution is -2.80. The number of hydrogen-bond donors (Lipinski definition) is 1. The summed E-state index contributed by atoms with van der Waals surface area (Å²) in [7, 11) is 0. The summed E-state index contributed by atoms with van der Waals surface area (Å²) in [6.45, 7) is 9.14. The van der Waals surface area contributed by atoms with Gasteiger partial charge in [-0.2, -0.15) is 0 Å². The molecule has 2 aromatic carbocycles. The van der Waals surface area contributed by atoms with Gasteiger partial charge < -0.3 is 19.6 Å². The van der Waals surface area contributed by atoms with Crippen LogP contribution in [0.15, 0.2) is 45.8 Å². The van der Waals surface area contributed by atoms with Crippen molar-refractivity contribution in [2.24, 2.45) is 0 Å². The Morgan fingerprint density at radius 2 is 1.72 bits per heavy atom. The third-order valence-corrected chi connectivity index (χ3v) is 6.04. The zero-order valence-electron chi connectivity index (χ0n) is 19.0. The van der Waals surface area contributed by atoms with Crippen LogP contribution in [0.1, 0.15) is 42.4 Å². The summed E-state index contributed by atoms with van der Waals surface area (Å²) in [5.41, 5.74) is 2.76. The van der Waals surface area contributed by atoms with E-state index in [9.17, 15) is 9.90 Å². The van der Waals surface area contributed by atoms with Gasteiger partial charge >= 0.3 is 0 Å². The molecule has 2 aliphatic rings. The summed E-state index contributed by atoms with van der Waals surface area (Å²) in [5.74, 6) is 0.621. The number of benzene rings is 2. The van der Waals surface area contributed by atoms with Gasteiger partial charge in [-0.05, 0) is 69.1 Å². The van der Waals surface area contributed by atoms with Crippen LogP contribution in [-0.4, -0.2) is 31.1 Å². The van der Waals surface area contributed by atoms with E-state index in [-0.39, 0.29) is 16.9 Å². The molecule has 6 heteroatoms. The molecule has 0 amide bonds. The van der Waals surface area contributed by atoms with E-state index in [1.165, 1.54) is 44.3 Å². The van der Waals surface area contributed by atoms with E-state index in [0.29, 0.717) is 28.8 Å². The highest BCUT2D eigenvalue weighted by molar-refractivity contribution is 5.82. The standard InChI is InChI=1S/C22H23NO4.C4H9N/c1-14-9-15(2)11-16(10-14)27-20-13-26-22-17(21(20)25)5-6-19(24)18(22)12-23-7-3-4-8-23;1-2-4-5-3-1/h5-6,9-11,13,24H,3-4,7-8,12H2,1-2H3;5H,1-4H2. The number of likely N-dealkylation sites (tertiary alicyclic amines) is 1. The largest absolute Gasteiger partial charge is 0.872 e. The first kappa shape index (κ1) is 22.4. The fourth-order valence-corrected chi connectivity index (χ4v) is 4.45. The van der Waals surface area contributed by atoms with Crippen LogP contribution in [-0.2, 0) is 6.54 Å². The maximum Gasteiger partial charge on any atom is 0.235 e. The van der Waals surface area contributed by atoms with Crippen LogP contribution in [0.5, 0.6) is 17.2 Å². The van der Waals surface area contributed by atoms with E-state index < -0.39 is 0 Å². The molecule has 0 radical (unpaired) electrons. The van der Waals surface area contributed by atoms with Crippen LogP contribution in [0.25, 0.3) is 11.0 Å². The van der Waals surface area contributed by atoms with Gasteiger partial charge in [-0.15, -0.1) is 5.75 Å². The molecule has 2 fully saturated rings. The molecular weight excluding hydrogens is 404 g/mol. The molecule has 1 aromatic heterocycles. The topological polar surface area (TPSA) is 82.3 Å². The Hall–Kier alpha value is -2.83. The minimum Gasteiger partial charge on any atom is -0.872 e. The molecule has 2 aliphatic heterocycles. The van der Waals surface area contributed by atoms with E-state index >= 15 is 0 Å². The van der Waals surface area contributed by atoms with Gasteiger partial charge in [0, 0.05) is 24.9 Å². The zero-order valence-corrected chi connectivity index (χ0v) is 19.0. The first-order valence-electron chi connectivity index (χ1n) is 11.6. The van der Waals surface area contributed by atoms with Crippen molar-refractivity contribution < 1.29 is 19.6 Å². The highest BCUT2D eigenvalue weighted by Crippen LogP contribution is 2.29. The van der Waals surface area contributed by atoms with Crippen LogP contribution in [0.4, 0.5) is 0 Å². The molecule has 2 saturated heterocycles. The van der Waals surface area contributed by atoms with Crippen LogP contribution < -0.4 is 20.6 Å². The molecule has 32 heavy (non-hydrogen) atoms. The Morgan fingerprint density at radius 1 is 1.03 bits per heavy atom. The van der Waals surface area contributed by atoms with E-state index in [2.05, 4.69) is 10.2 Å². The maximum absolute atomic E-state index is 12.9. The molecule has 0 unspecified atom stereocenters. The summed E-state index contributed by atoms with van der Waals surface area (Å²) in [5, 5.41) is 15.1. The smallest absolute Gasteiger partial charge is 0.235 e. The van der Waals surface area contributed by atoms with Gasteiger partial charge in [0.05, 0.1) is 18.5 Å². The number of nitrogens with zero attached hydrogens (tertiary/aromatic N) is 1. The highest BCUT2D eigenvalue weighted by atomic mass is 16.5. The summed E-state index contributed by atoms with van der Waals surface area (Å²) >= 11 is 0. The Morgan fingerprint density at radius 3 is 2.34 bits per heavy atom. The lowest BCUT2D eigenvalue weighted by atomic mass is 10.1. The minimum atomic E-state index is -0.266. The van der Waals surface area contributed by atoms with Gasteiger partial charge in [0.2, 0.25) is 11.2 Å². The molecule has 0 saturated carbocycles. The third kappa shape index (κ3) is 5.31. The number of fused-ring (bicyclic) bond motifs is 1. The van der Waals surface area contributed by atoms with Gasteiger partial charge in [-0.3, -0.25) is 9.69 Å². The number of ether oxygens (including phenoxy) is 1. The normalized spacial score (nSPS) is 16.2. The summed E-state index contributed by atoms with van der Waals surface area (Å²) in [4.78, 5) is 15.1. The number of hydrogen-bond acceptors (Lipinski definition) is 5. The van der Waals surface area contributed by atoms with Gasteiger partial charge in [0.25, 0.3) is 0 Å². The highest BCUT2D eigenvalue weighted by Gasteiger charge is 2.17. The average molecular weight is 437 g/mol. The van der Waals surface area contributed by atoms with E-state index in [0.717, 1.165) is 37.1 Å². The minimum absolute atomic E-state index is 0.0967. The second-order valence-electron chi connectivity index (χ2n) is 8.83. The monoisotopic (exact) mass is 436 g/mol.